The number of hydrogen-bond acceptors (Lipinski definition) is 6. The summed E-state index contributed by atoms with van der Waals surface area (Å²) in [5.41, 5.74) is 6.96. The Morgan fingerprint density at radius 2 is 1.62 bits per heavy atom. The van der Waals surface area contributed by atoms with Gasteiger partial charge in [-0.1, -0.05) is 27.7 Å². The van der Waals surface area contributed by atoms with Gasteiger partial charge in [-0.05, 0) is 12.8 Å². The summed E-state index contributed by atoms with van der Waals surface area (Å²) >= 11 is 0. The summed E-state index contributed by atoms with van der Waals surface area (Å²) in [4.78, 5) is 6.52. The van der Waals surface area contributed by atoms with Crippen LogP contribution in [0.5, 0.6) is 5.88 Å². The van der Waals surface area contributed by atoms with Crippen LogP contribution in [0.3, 0.4) is 0 Å². The maximum atomic E-state index is 5.89. The van der Waals surface area contributed by atoms with Gasteiger partial charge in [0, 0.05) is 38.0 Å². The zero-order chi connectivity index (χ0) is 18.2. The fourth-order valence-electron chi connectivity index (χ4n) is 2.13. The van der Waals surface area contributed by atoms with Gasteiger partial charge in [0.15, 0.2) is 0 Å². The van der Waals surface area contributed by atoms with Gasteiger partial charge >= 0.3 is 0 Å². The maximum Gasteiger partial charge on any atom is 0.217 e. The molecule has 0 atom stereocenters. The zero-order valence-electron chi connectivity index (χ0n) is 16.0. The minimum Gasteiger partial charge on any atom is -0.475 e. The molecule has 0 aliphatic carbocycles. The average Bonchev–Trinajstić information content (AvgIpc) is 2.59. The number of hydrogen-bond donors (Lipinski definition) is 1. The highest BCUT2D eigenvalue weighted by Crippen LogP contribution is 2.23. The van der Waals surface area contributed by atoms with Crippen molar-refractivity contribution in [2.75, 3.05) is 57.3 Å². The molecule has 2 N–H and O–H groups in total. The molecule has 1 rings (SSSR count). The lowest BCUT2D eigenvalue weighted by Gasteiger charge is -2.24. The molecular weight excluding hydrogens is 306 g/mol. The van der Waals surface area contributed by atoms with Gasteiger partial charge in [-0.15, -0.1) is 0 Å². The molecule has 0 aliphatic heterocycles. The first kappa shape index (κ1) is 22.5. The van der Waals surface area contributed by atoms with Crippen LogP contribution in [0.2, 0.25) is 0 Å². The Kier molecular flexibility index (Phi) is 14.1. The molecule has 140 valence electrons. The van der Waals surface area contributed by atoms with Gasteiger partial charge in [-0.2, -0.15) is 4.98 Å². The molecule has 1 aromatic rings. The highest BCUT2D eigenvalue weighted by Gasteiger charge is 2.08. The molecule has 0 aliphatic rings. The quantitative estimate of drug-likeness (QED) is 0.588. The molecular formula is C18H35N3O3. The first-order valence-electron chi connectivity index (χ1n) is 8.93. The second-order valence-corrected chi connectivity index (χ2v) is 5.03. The number of nitrogens with zero attached hydrogens (tertiary/aromatic N) is 2. The van der Waals surface area contributed by atoms with E-state index in [4.69, 9.17) is 19.9 Å². The number of ether oxygens (including phenoxy) is 3. The molecule has 1 aromatic heterocycles. The minimum atomic E-state index is 0.446. The molecule has 6 heteroatoms. The van der Waals surface area contributed by atoms with E-state index < -0.39 is 0 Å². The molecule has 0 spiro atoms. The summed E-state index contributed by atoms with van der Waals surface area (Å²) in [6.07, 6.45) is 2.18. The Balaban J connectivity index is 0.00000254. The van der Waals surface area contributed by atoms with Crippen LogP contribution in [-0.4, -0.2) is 51.6 Å². The van der Waals surface area contributed by atoms with Gasteiger partial charge in [0.1, 0.15) is 12.4 Å². The summed E-state index contributed by atoms with van der Waals surface area (Å²) in [6, 6.07) is 3.84. The highest BCUT2D eigenvalue weighted by molar-refractivity contribution is 5.55. The summed E-state index contributed by atoms with van der Waals surface area (Å²) in [6.45, 7) is 12.4. The van der Waals surface area contributed by atoms with Crippen LogP contribution in [0, 0.1) is 0 Å². The van der Waals surface area contributed by atoms with E-state index in [0.29, 0.717) is 38.1 Å². The van der Waals surface area contributed by atoms with Crippen molar-refractivity contribution in [1.29, 1.82) is 0 Å². The molecule has 0 fully saturated rings. The molecule has 0 saturated heterocycles. The Hall–Kier alpha value is -1.53. The van der Waals surface area contributed by atoms with E-state index in [2.05, 4.69) is 23.7 Å². The third-order valence-electron chi connectivity index (χ3n) is 3.07. The second-order valence-electron chi connectivity index (χ2n) is 5.03. The van der Waals surface area contributed by atoms with Crippen LogP contribution in [0.15, 0.2) is 12.1 Å². The zero-order valence-corrected chi connectivity index (χ0v) is 16.0. The van der Waals surface area contributed by atoms with E-state index in [-0.39, 0.29) is 0 Å². The van der Waals surface area contributed by atoms with E-state index in [9.17, 15) is 0 Å². The lowest BCUT2D eigenvalue weighted by atomic mass is 10.3. The molecule has 0 bridgehead atoms. The smallest absolute Gasteiger partial charge is 0.217 e. The third kappa shape index (κ3) is 9.57. The Labute approximate surface area is 147 Å². The molecule has 0 radical (unpaired) electrons. The lowest BCUT2D eigenvalue weighted by molar-refractivity contribution is 0.0537. The number of aromatic nitrogens is 1. The van der Waals surface area contributed by atoms with Crippen molar-refractivity contribution in [3.05, 3.63) is 12.1 Å². The summed E-state index contributed by atoms with van der Waals surface area (Å²) in [5.74, 6) is 1.02. The summed E-state index contributed by atoms with van der Waals surface area (Å²) in [5, 5.41) is 0. The molecule has 6 nitrogen and oxygen atoms in total. The number of nitrogen functional groups attached to an aromatic ring is 1. The van der Waals surface area contributed by atoms with E-state index in [1.807, 2.05) is 26.0 Å². The monoisotopic (exact) mass is 341 g/mol. The predicted molar refractivity (Wildman–Crippen MR) is 101 cm³/mol. The molecule has 24 heavy (non-hydrogen) atoms. The number of rotatable bonds is 12. The number of nitrogens with two attached hydrogens (primary N) is 1. The second kappa shape index (κ2) is 15.0. The minimum absolute atomic E-state index is 0.446. The van der Waals surface area contributed by atoms with Crippen LogP contribution < -0.4 is 15.4 Å². The number of methoxy groups -OCH3 is 1. The van der Waals surface area contributed by atoms with E-state index in [1.165, 1.54) is 0 Å². The lowest BCUT2D eigenvalue weighted by Crippen LogP contribution is -2.25. The molecule has 0 amide bonds. The molecule has 0 unspecified atom stereocenters. The van der Waals surface area contributed by atoms with Crippen molar-refractivity contribution in [3.8, 4) is 5.88 Å². The fourth-order valence-corrected chi connectivity index (χ4v) is 2.13. The first-order valence-corrected chi connectivity index (χ1v) is 8.93. The van der Waals surface area contributed by atoms with Crippen molar-refractivity contribution in [2.45, 2.75) is 40.5 Å². The van der Waals surface area contributed by atoms with Gasteiger partial charge in [0.2, 0.25) is 5.88 Å². The average molecular weight is 341 g/mol. The van der Waals surface area contributed by atoms with Crippen molar-refractivity contribution in [1.82, 2.24) is 4.98 Å². The first-order chi connectivity index (χ1) is 11.7. The van der Waals surface area contributed by atoms with Crippen LogP contribution in [-0.2, 0) is 9.47 Å². The van der Waals surface area contributed by atoms with E-state index >= 15 is 0 Å². The topological polar surface area (TPSA) is 69.8 Å². The highest BCUT2D eigenvalue weighted by atomic mass is 16.5. The Morgan fingerprint density at radius 3 is 2.21 bits per heavy atom. The van der Waals surface area contributed by atoms with Gasteiger partial charge in [-0.25, -0.2) is 0 Å². The summed E-state index contributed by atoms with van der Waals surface area (Å²) in [7, 11) is 1.65. The fraction of sp³-hybridized carbons (Fsp3) is 0.722. The van der Waals surface area contributed by atoms with Crippen LogP contribution >= 0.6 is 0 Å². The summed E-state index contributed by atoms with van der Waals surface area (Å²) < 4.78 is 15.9. The molecule has 0 saturated carbocycles. The molecule has 1 heterocycles. The SMILES string of the molecule is CC.CCCN(CCC)c1cc(N)nc(OCCOCCOC)c1. The standard InChI is InChI=1S/C16H29N3O3.C2H6/c1-4-6-19(7-5-2)14-12-15(17)18-16(13-14)22-11-10-21-9-8-20-3;1-2/h12-13H,4-11H2,1-3H3,(H2,17,18);1-2H3. The third-order valence-corrected chi connectivity index (χ3v) is 3.07. The maximum absolute atomic E-state index is 5.89. The van der Waals surface area contributed by atoms with Gasteiger partial charge in [0.05, 0.1) is 19.8 Å². The van der Waals surface area contributed by atoms with Gasteiger partial charge < -0.3 is 24.8 Å². The van der Waals surface area contributed by atoms with Crippen molar-refractivity contribution < 1.29 is 14.2 Å². The predicted octanol–water partition coefficient (Wildman–Crippen LogP) is 3.36. The van der Waals surface area contributed by atoms with Crippen molar-refractivity contribution in [2.24, 2.45) is 0 Å². The van der Waals surface area contributed by atoms with E-state index in [0.717, 1.165) is 31.6 Å². The van der Waals surface area contributed by atoms with Gasteiger partial charge in [0.25, 0.3) is 0 Å². The molecule has 0 aromatic carbocycles. The van der Waals surface area contributed by atoms with Gasteiger partial charge in [-0.3, -0.25) is 0 Å². The Bertz CT molecular complexity index is 410. The largest absolute Gasteiger partial charge is 0.475 e. The van der Waals surface area contributed by atoms with Crippen LogP contribution in [0.25, 0.3) is 0 Å². The van der Waals surface area contributed by atoms with Crippen molar-refractivity contribution >= 4 is 11.5 Å². The van der Waals surface area contributed by atoms with E-state index in [1.54, 1.807) is 7.11 Å². The Morgan fingerprint density at radius 1 is 1.00 bits per heavy atom. The normalized spacial score (nSPS) is 10.0. The number of anilines is 2. The van der Waals surface area contributed by atoms with Crippen LogP contribution in [0.1, 0.15) is 40.5 Å². The van der Waals surface area contributed by atoms with Crippen molar-refractivity contribution in [3.63, 3.8) is 0 Å². The van der Waals surface area contributed by atoms with Crippen LogP contribution in [0.4, 0.5) is 11.5 Å². The number of pyridine rings is 1.